The summed E-state index contributed by atoms with van der Waals surface area (Å²) in [7, 11) is 0. The van der Waals surface area contributed by atoms with Crippen LogP contribution in [0.3, 0.4) is 0 Å². The summed E-state index contributed by atoms with van der Waals surface area (Å²) in [5.41, 5.74) is 9.57. The Bertz CT molecular complexity index is 2110. The minimum Gasteiger partial charge on any atom is -0.439 e. The van der Waals surface area contributed by atoms with E-state index in [4.69, 9.17) is 18.8 Å². The van der Waals surface area contributed by atoms with Gasteiger partial charge in [0.15, 0.2) is 5.58 Å². The van der Waals surface area contributed by atoms with Crippen molar-refractivity contribution in [2.45, 2.75) is 65.8 Å². The van der Waals surface area contributed by atoms with Crippen LogP contribution in [-0.2, 0) is 24.4 Å². The molecule has 0 saturated carbocycles. The maximum absolute atomic E-state index is 13.0. The van der Waals surface area contributed by atoms with Gasteiger partial charge in [-0.1, -0.05) is 31.2 Å². The highest BCUT2D eigenvalue weighted by Crippen LogP contribution is 2.39. The Kier molecular flexibility index (Phi) is 8.51. The number of hydrogen-bond acceptors (Lipinski definition) is 9. The summed E-state index contributed by atoms with van der Waals surface area (Å²) in [5, 5.41) is 19.8. The predicted molar refractivity (Wildman–Crippen MR) is 190 cm³/mol. The molecule has 8 rings (SSSR count). The molecule has 5 heterocycles. The predicted octanol–water partition coefficient (Wildman–Crippen LogP) is 6.45. The van der Waals surface area contributed by atoms with Crippen LogP contribution in [0.1, 0.15) is 59.9 Å². The third kappa shape index (κ3) is 6.10. The second kappa shape index (κ2) is 13.1. The molecule has 2 saturated heterocycles. The molecule has 3 aliphatic heterocycles. The van der Waals surface area contributed by atoms with Crippen molar-refractivity contribution in [2.75, 3.05) is 32.7 Å². The molecule has 3 aliphatic rings. The van der Waals surface area contributed by atoms with Gasteiger partial charge in [-0.3, -0.25) is 14.6 Å². The van der Waals surface area contributed by atoms with Gasteiger partial charge < -0.3 is 18.8 Å². The molecule has 50 heavy (non-hydrogen) atoms. The van der Waals surface area contributed by atoms with Gasteiger partial charge >= 0.3 is 0 Å². The number of piperidine rings is 1. The van der Waals surface area contributed by atoms with Crippen LogP contribution in [0.25, 0.3) is 45.1 Å². The molecule has 1 atom stereocenters. The first-order chi connectivity index (χ1) is 24.2. The second-order valence-corrected chi connectivity index (χ2v) is 14.4. The lowest BCUT2D eigenvalue weighted by atomic mass is 9.91. The first-order valence-corrected chi connectivity index (χ1v) is 17.7. The standard InChI is InChI=1S/C40H42N6O4/c1-24-10-13-45(19-24)20-27-16-28(18-41)38-34(17-27)42-40(50-38)33-9-5-7-31(26(33)3)30-6-4-8-32(25(30)2)39-43-35-21-46(22-36(35)49-39)37(48)23-44-14-11-29(47)12-15-44/h4-9,16-17,24,29,47H,10-15,19-23H2,1-3H3/t24-/m0/s1. The molecule has 3 aromatic carbocycles. The highest BCUT2D eigenvalue weighted by molar-refractivity contribution is 5.85. The SMILES string of the molecule is Cc1c(-c2nc3c(o2)CN(C(=O)CN2CCC(O)CC2)C3)cccc1-c1cccc(-c2nc3cc(CN4CC[C@H](C)C4)cc(C#N)c3o2)c1C. The lowest BCUT2D eigenvalue weighted by Crippen LogP contribution is -2.42. The van der Waals surface area contributed by atoms with Crippen molar-refractivity contribution in [3.63, 3.8) is 0 Å². The first-order valence-electron chi connectivity index (χ1n) is 17.7. The zero-order valence-corrected chi connectivity index (χ0v) is 28.9. The molecule has 1 N–H and O–H groups in total. The molecular weight excluding hydrogens is 628 g/mol. The number of amides is 1. The minimum absolute atomic E-state index is 0.0599. The molecule has 0 bridgehead atoms. The van der Waals surface area contributed by atoms with Crippen molar-refractivity contribution in [1.29, 1.82) is 5.26 Å². The van der Waals surface area contributed by atoms with E-state index in [1.807, 2.05) is 30.3 Å². The van der Waals surface area contributed by atoms with E-state index < -0.39 is 0 Å². The summed E-state index contributed by atoms with van der Waals surface area (Å²) in [6.07, 6.45) is 2.36. The average Bonchev–Trinajstić information content (AvgIpc) is 3.90. The van der Waals surface area contributed by atoms with Gasteiger partial charge in [0.1, 0.15) is 23.0 Å². The number of carbonyl (C=O) groups excluding carboxylic acids is 1. The Morgan fingerprint density at radius 3 is 2.20 bits per heavy atom. The van der Waals surface area contributed by atoms with Crippen LogP contribution in [0.4, 0.5) is 0 Å². The molecule has 5 aromatic rings. The molecule has 1 amide bonds. The number of nitrogens with zero attached hydrogens (tertiary/aromatic N) is 6. The lowest BCUT2D eigenvalue weighted by Gasteiger charge is -2.30. The third-order valence-electron chi connectivity index (χ3n) is 10.7. The number of aliphatic hydroxyl groups is 1. The number of benzene rings is 3. The van der Waals surface area contributed by atoms with Crippen molar-refractivity contribution >= 4 is 17.0 Å². The quantitative estimate of drug-likeness (QED) is 0.208. The van der Waals surface area contributed by atoms with E-state index in [9.17, 15) is 15.2 Å². The number of aromatic nitrogens is 2. The van der Waals surface area contributed by atoms with E-state index in [-0.39, 0.29) is 12.0 Å². The molecule has 10 nitrogen and oxygen atoms in total. The summed E-state index contributed by atoms with van der Waals surface area (Å²) >= 11 is 0. The number of likely N-dealkylation sites (tertiary alicyclic amines) is 2. The van der Waals surface area contributed by atoms with Crippen molar-refractivity contribution in [2.24, 2.45) is 5.92 Å². The number of carbonyl (C=O) groups is 1. The second-order valence-electron chi connectivity index (χ2n) is 14.4. The van der Waals surface area contributed by atoms with Crippen LogP contribution in [-0.4, -0.2) is 74.5 Å². The van der Waals surface area contributed by atoms with Crippen molar-refractivity contribution < 1.29 is 18.7 Å². The van der Waals surface area contributed by atoms with Gasteiger partial charge in [0.25, 0.3) is 0 Å². The molecule has 2 aromatic heterocycles. The van der Waals surface area contributed by atoms with E-state index in [1.165, 1.54) is 6.42 Å². The van der Waals surface area contributed by atoms with Gasteiger partial charge in [-0.15, -0.1) is 0 Å². The van der Waals surface area contributed by atoms with E-state index in [0.717, 1.165) is 83.1 Å². The Hall–Kier alpha value is -4.82. The summed E-state index contributed by atoms with van der Waals surface area (Å²) in [4.78, 5) is 29.1. The molecule has 0 radical (unpaired) electrons. The zero-order chi connectivity index (χ0) is 34.5. The molecule has 2 fully saturated rings. The topological polar surface area (TPSA) is 123 Å². The van der Waals surface area contributed by atoms with Crippen LogP contribution < -0.4 is 0 Å². The molecule has 0 aliphatic carbocycles. The Labute approximate surface area is 291 Å². The number of hydrogen-bond donors (Lipinski definition) is 1. The molecular formula is C40H42N6O4. The highest BCUT2D eigenvalue weighted by atomic mass is 16.4. The van der Waals surface area contributed by atoms with Crippen molar-refractivity contribution in [1.82, 2.24) is 24.7 Å². The Morgan fingerprint density at radius 2 is 1.56 bits per heavy atom. The number of oxazole rings is 2. The smallest absolute Gasteiger partial charge is 0.237 e. The average molecular weight is 671 g/mol. The van der Waals surface area contributed by atoms with Gasteiger partial charge in [-0.05, 0) is 97.7 Å². The van der Waals surface area contributed by atoms with E-state index in [2.05, 4.69) is 54.8 Å². The fraction of sp³-hybridized carbons (Fsp3) is 0.400. The number of fused-ring (bicyclic) bond motifs is 2. The fourth-order valence-electron chi connectivity index (χ4n) is 7.83. The summed E-state index contributed by atoms with van der Waals surface area (Å²) < 4.78 is 12.6. The van der Waals surface area contributed by atoms with Crippen LogP contribution in [0.2, 0.25) is 0 Å². The summed E-state index contributed by atoms with van der Waals surface area (Å²) in [6, 6.07) is 18.6. The summed E-state index contributed by atoms with van der Waals surface area (Å²) in [6.45, 7) is 12.1. The first kappa shape index (κ1) is 32.4. The minimum atomic E-state index is -0.260. The molecule has 10 heteroatoms. The van der Waals surface area contributed by atoms with Gasteiger partial charge in [0, 0.05) is 37.3 Å². The fourth-order valence-corrected chi connectivity index (χ4v) is 7.83. The Balaban J connectivity index is 1.03. The van der Waals surface area contributed by atoms with E-state index >= 15 is 0 Å². The largest absolute Gasteiger partial charge is 0.439 e. The lowest BCUT2D eigenvalue weighted by molar-refractivity contribution is -0.133. The van der Waals surface area contributed by atoms with E-state index in [1.54, 1.807) is 4.90 Å². The number of aliphatic hydroxyl groups excluding tert-OH is 1. The van der Waals surface area contributed by atoms with Gasteiger partial charge in [-0.2, -0.15) is 5.26 Å². The zero-order valence-electron chi connectivity index (χ0n) is 28.9. The van der Waals surface area contributed by atoms with Crippen molar-refractivity contribution in [3.8, 4) is 40.1 Å². The highest BCUT2D eigenvalue weighted by Gasteiger charge is 2.31. The maximum atomic E-state index is 13.0. The van der Waals surface area contributed by atoms with Crippen molar-refractivity contribution in [3.05, 3.63) is 82.2 Å². The number of nitriles is 1. The van der Waals surface area contributed by atoms with Gasteiger partial charge in [0.2, 0.25) is 17.7 Å². The Morgan fingerprint density at radius 1 is 0.900 bits per heavy atom. The monoisotopic (exact) mass is 670 g/mol. The van der Waals surface area contributed by atoms with Crippen LogP contribution in [0.15, 0.2) is 57.4 Å². The van der Waals surface area contributed by atoms with E-state index in [0.29, 0.717) is 66.8 Å². The van der Waals surface area contributed by atoms with Gasteiger partial charge in [0.05, 0.1) is 31.3 Å². The normalized spacial score (nSPS) is 18.6. The molecule has 0 unspecified atom stereocenters. The van der Waals surface area contributed by atoms with Crippen LogP contribution in [0.5, 0.6) is 0 Å². The third-order valence-corrected chi connectivity index (χ3v) is 10.7. The van der Waals surface area contributed by atoms with Crippen LogP contribution in [0, 0.1) is 31.1 Å². The summed E-state index contributed by atoms with van der Waals surface area (Å²) in [5.74, 6) is 2.54. The maximum Gasteiger partial charge on any atom is 0.237 e. The number of rotatable bonds is 7. The van der Waals surface area contributed by atoms with Crippen LogP contribution >= 0.6 is 0 Å². The molecule has 0 spiro atoms. The molecule has 256 valence electrons. The van der Waals surface area contributed by atoms with Gasteiger partial charge in [-0.25, -0.2) is 9.97 Å².